The summed E-state index contributed by atoms with van der Waals surface area (Å²) in [4.78, 5) is 16.0. The van der Waals surface area contributed by atoms with Gasteiger partial charge in [0.25, 0.3) is 0 Å². The lowest BCUT2D eigenvalue weighted by atomic mass is 10.2. The highest BCUT2D eigenvalue weighted by molar-refractivity contribution is 7.16. The molecule has 1 aliphatic heterocycles. The smallest absolute Gasteiger partial charge is 0.229 e. The highest BCUT2D eigenvalue weighted by Gasteiger charge is 2.26. The third kappa shape index (κ3) is 2.60. The minimum atomic E-state index is -0.465. The van der Waals surface area contributed by atoms with Crippen molar-refractivity contribution in [3.63, 3.8) is 0 Å². The summed E-state index contributed by atoms with van der Waals surface area (Å²) in [6, 6.07) is 0.367. The largest absolute Gasteiger partial charge is 0.352 e. The second-order valence-electron chi connectivity index (χ2n) is 5.80. The molecule has 7 nitrogen and oxygen atoms in total. The Bertz CT molecular complexity index is 855. The van der Waals surface area contributed by atoms with Crippen molar-refractivity contribution in [2.75, 3.05) is 16.8 Å². The van der Waals surface area contributed by atoms with Gasteiger partial charge in [0.05, 0.1) is 23.7 Å². The maximum Gasteiger partial charge on any atom is 0.229 e. The van der Waals surface area contributed by atoms with E-state index in [9.17, 15) is 4.39 Å². The van der Waals surface area contributed by atoms with Gasteiger partial charge in [-0.15, -0.1) is 11.3 Å². The first-order chi connectivity index (χ1) is 11.6. The summed E-state index contributed by atoms with van der Waals surface area (Å²) in [5, 5.41) is 11.1. The molecule has 0 unspecified atom stereocenters. The van der Waals surface area contributed by atoms with Gasteiger partial charge in [0, 0.05) is 30.1 Å². The molecule has 4 rings (SSSR count). The minimum Gasteiger partial charge on any atom is -0.352 e. The average Bonchev–Trinajstić information content (AvgIpc) is 3.14. The van der Waals surface area contributed by atoms with E-state index in [-0.39, 0.29) is 0 Å². The number of hydrogen-bond acceptors (Lipinski definition) is 7. The van der Waals surface area contributed by atoms with Crippen molar-refractivity contribution in [2.24, 2.45) is 0 Å². The van der Waals surface area contributed by atoms with E-state index in [0.29, 0.717) is 17.1 Å². The molecular formula is C15H16FN7S. The number of aromatic amines is 1. The first-order valence-electron chi connectivity index (χ1n) is 7.67. The number of H-pyrrole nitrogens is 1. The Morgan fingerprint density at radius 2 is 2.12 bits per heavy atom. The van der Waals surface area contributed by atoms with Crippen molar-refractivity contribution in [2.45, 2.75) is 26.3 Å². The molecule has 0 atom stereocenters. The number of aromatic nitrogens is 5. The van der Waals surface area contributed by atoms with Crippen molar-refractivity contribution in [1.29, 1.82) is 0 Å². The SMILES string of the molecule is CC(C)N1CCc2sc(Nc3ncc(F)cn3)nc2-c2c[nH]nc21. The topological polar surface area (TPSA) is 82.6 Å². The molecule has 3 aromatic rings. The van der Waals surface area contributed by atoms with Gasteiger partial charge in [-0.3, -0.25) is 5.10 Å². The van der Waals surface area contributed by atoms with Gasteiger partial charge < -0.3 is 10.2 Å². The zero-order chi connectivity index (χ0) is 16.7. The maximum absolute atomic E-state index is 12.9. The summed E-state index contributed by atoms with van der Waals surface area (Å²) in [5.41, 5.74) is 1.93. The minimum absolute atomic E-state index is 0.330. The van der Waals surface area contributed by atoms with Crippen molar-refractivity contribution >= 4 is 28.2 Å². The number of hydrogen-bond donors (Lipinski definition) is 2. The zero-order valence-electron chi connectivity index (χ0n) is 13.2. The quantitative estimate of drug-likeness (QED) is 0.759. The molecule has 0 amide bonds. The summed E-state index contributed by atoms with van der Waals surface area (Å²) in [7, 11) is 0. The van der Waals surface area contributed by atoms with Crippen LogP contribution in [0, 0.1) is 5.82 Å². The van der Waals surface area contributed by atoms with Gasteiger partial charge in [0.15, 0.2) is 16.8 Å². The van der Waals surface area contributed by atoms with Crippen molar-refractivity contribution in [1.82, 2.24) is 25.1 Å². The lowest BCUT2D eigenvalue weighted by Gasteiger charge is -2.25. The number of thiazole rings is 1. The Labute approximate surface area is 142 Å². The van der Waals surface area contributed by atoms with Crippen LogP contribution in [0.1, 0.15) is 18.7 Å². The zero-order valence-corrected chi connectivity index (χ0v) is 14.1. The molecule has 0 aliphatic carbocycles. The molecule has 0 bridgehead atoms. The predicted octanol–water partition coefficient (Wildman–Crippen LogP) is 2.98. The number of anilines is 3. The van der Waals surface area contributed by atoms with Crippen LogP contribution in [0.3, 0.4) is 0 Å². The lowest BCUT2D eigenvalue weighted by Crippen LogP contribution is -2.32. The molecule has 9 heteroatoms. The fraction of sp³-hybridized carbons (Fsp3) is 0.333. The van der Waals surface area contributed by atoms with Gasteiger partial charge in [-0.05, 0) is 13.8 Å². The van der Waals surface area contributed by atoms with Crippen molar-refractivity contribution in [3.8, 4) is 11.3 Å². The highest BCUT2D eigenvalue weighted by Crippen LogP contribution is 2.39. The first kappa shape index (κ1) is 15.0. The molecule has 124 valence electrons. The monoisotopic (exact) mass is 345 g/mol. The fourth-order valence-electron chi connectivity index (χ4n) is 2.76. The molecule has 0 aromatic carbocycles. The third-order valence-corrected chi connectivity index (χ3v) is 4.92. The van der Waals surface area contributed by atoms with E-state index in [0.717, 1.165) is 42.4 Å². The van der Waals surface area contributed by atoms with E-state index in [1.54, 1.807) is 11.3 Å². The van der Waals surface area contributed by atoms with E-state index in [1.807, 2.05) is 6.20 Å². The van der Waals surface area contributed by atoms with Crippen LogP contribution >= 0.6 is 11.3 Å². The highest BCUT2D eigenvalue weighted by atomic mass is 32.1. The number of halogens is 1. The molecule has 0 spiro atoms. The average molecular weight is 345 g/mol. The van der Waals surface area contributed by atoms with E-state index >= 15 is 0 Å². The van der Waals surface area contributed by atoms with Crippen LogP contribution < -0.4 is 10.2 Å². The molecule has 1 aliphatic rings. The van der Waals surface area contributed by atoms with Gasteiger partial charge in [0.2, 0.25) is 5.95 Å². The van der Waals surface area contributed by atoms with Crippen LogP contribution in [0.2, 0.25) is 0 Å². The lowest BCUT2D eigenvalue weighted by molar-refractivity contribution is 0.614. The molecule has 0 radical (unpaired) electrons. The molecule has 2 N–H and O–H groups in total. The predicted molar refractivity (Wildman–Crippen MR) is 91.2 cm³/mol. The number of fused-ring (bicyclic) bond motifs is 3. The molecular weight excluding hydrogens is 329 g/mol. The van der Waals surface area contributed by atoms with Crippen molar-refractivity contribution in [3.05, 3.63) is 29.3 Å². The summed E-state index contributed by atoms with van der Waals surface area (Å²) < 4.78 is 12.9. The number of nitrogens with one attached hydrogen (secondary N) is 2. The fourth-order valence-corrected chi connectivity index (χ4v) is 3.72. The van der Waals surface area contributed by atoms with Crippen LogP contribution in [0.25, 0.3) is 11.3 Å². The van der Waals surface area contributed by atoms with E-state index < -0.39 is 5.82 Å². The maximum atomic E-state index is 12.9. The van der Waals surface area contributed by atoms with E-state index in [4.69, 9.17) is 0 Å². The molecule has 0 saturated heterocycles. The molecule has 24 heavy (non-hydrogen) atoms. The van der Waals surface area contributed by atoms with Gasteiger partial charge in [-0.1, -0.05) is 0 Å². The second kappa shape index (κ2) is 5.82. The standard InChI is InChI=1S/C15H16FN7S/c1-8(2)23-4-3-11-12(10-7-19-22-13(10)23)20-15(24-11)21-14-17-5-9(16)6-18-14/h5-8H,3-4H2,1-2H3,(H,19,22)(H,17,18,20,21). The summed E-state index contributed by atoms with van der Waals surface area (Å²) in [6.07, 6.45) is 5.03. The van der Waals surface area contributed by atoms with Gasteiger partial charge in [-0.25, -0.2) is 19.3 Å². The summed E-state index contributed by atoms with van der Waals surface area (Å²) in [6.45, 7) is 5.20. The first-order valence-corrected chi connectivity index (χ1v) is 8.48. The molecule has 4 heterocycles. The van der Waals surface area contributed by atoms with E-state index in [2.05, 4.69) is 49.2 Å². The molecule has 0 saturated carbocycles. The van der Waals surface area contributed by atoms with E-state index in [1.165, 1.54) is 4.88 Å². The van der Waals surface area contributed by atoms with Gasteiger partial charge in [0.1, 0.15) is 0 Å². The van der Waals surface area contributed by atoms with Crippen LogP contribution in [0.5, 0.6) is 0 Å². The van der Waals surface area contributed by atoms with Crippen LogP contribution in [0.4, 0.5) is 21.3 Å². The Hall–Kier alpha value is -2.55. The number of nitrogens with zero attached hydrogens (tertiary/aromatic N) is 5. The Morgan fingerprint density at radius 1 is 1.33 bits per heavy atom. The van der Waals surface area contributed by atoms with Crippen LogP contribution in [-0.4, -0.2) is 37.7 Å². The Kier molecular flexibility index (Phi) is 3.64. The van der Waals surface area contributed by atoms with Crippen molar-refractivity contribution < 1.29 is 4.39 Å². The van der Waals surface area contributed by atoms with Gasteiger partial charge in [-0.2, -0.15) is 5.10 Å². The molecule has 3 aromatic heterocycles. The molecule has 0 fully saturated rings. The Balaban J connectivity index is 1.68. The second-order valence-corrected chi connectivity index (χ2v) is 6.88. The third-order valence-electron chi connectivity index (χ3n) is 3.89. The van der Waals surface area contributed by atoms with Gasteiger partial charge >= 0.3 is 0 Å². The normalized spacial score (nSPS) is 13.6. The van der Waals surface area contributed by atoms with Crippen LogP contribution in [-0.2, 0) is 6.42 Å². The van der Waals surface area contributed by atoms with Crippen LogP contribution in [0.15, 0.2) is 18.6 Å². The summed E-state index contributed by atoms with van der Waals surface area (Å²) >= 11 is 1.56. The Morgan fingerprint density at radius 3 is 2.88 bits per heavy atom. The number of rotatable bonds is 3. The summed E-state index contributed by atoms with van der Waals surface area (Å²) in [5.74, 6) is 0.794.